The maximum atomic E-state index is 11.9. The van der Waals surface area contributed by atoms with E-state index in [0.717, 1.165) is 22.0 Å². The molecule has 0 aliphatic heterocycles. The second kappa shape index (κ2) is 7.22. The quantitative estimate of drug-likeness (QED) is 0.560. The van der Waals surface area contributed by atoms with E-state index in [2.05, 4.69) is 15.8 Å². The average molecular weight is 303 g/mol. The van der Waals surface area contributed by atoms with Crippen LogP contribution in [0.15, 0.2) is 77.9 Å². The van der Waals surface area contributed by atoms with Crippen molar-refractivity contribution in [1.29, 1.82) is 0 Å². The van der Waals surface area contributed by atoms with Gasteiger partial charge in [0.2, 0.25) is 0 Å². The Bertz CT molecular complexity index is 823. The van der Waals surface area contributed by atoms with E-state index >= 15 is 0 Å². The number of benzene rings is 3. The van der Waals surface area contributed by atoms with Crippen molar-refractivity contribution in [2.45, 2.75) is 0 Å². The van der Waals surface area contributed by atoms with Gasteiger partial charge in [-0.25, -0.2) is 5.43 Å². The van der Waals surface area contributed by atoms with E-state index in [1.807, 2.05) is 72.8 Å². The number of nitrogens with zero attached hydrogens (tertiary/aromatic N) is 1. The lowest BCUT2D eigenvalue weighted by Gasteiger charge is -2.08. The Morgan fingerprint density at radius 2 is 1.65 bits per heavy atom. The molecule has 114 valence electrons. The van der Waals surface area contributed by atoms with E-state index in [1.165, 1.54) is 0 Å². The number of anilines is 1. The summed E-state index contributed by atoms with van der Waals surface area (Å²) in [6.07, 6.45) is 1.62. The van der Waals surface area contributed by atoms with Gasteiger partial charge in [0.1, 0.15) is 0 Å². The fraction of sp³-hybridized carbons (Fsp3) is 0.0526. The third kappa shape index (κ3) is 3.95. The summed E-state index contributed by atoms with van der Waals surface area (Å²) in [5.41, 5.74) is 4.39. The highest BCUT2D eigenvalue weighted by Crippen LogP contribution is 2.22. The zero-order valence-corrected chi connectivity index (χ0v) is 12.6. The lowest BCUT2D eigenvalue weighted by atomic mass is 10.1. The number of rotatable bonds is 5. The molecule has 4 nitrogen and oxygen atoms in total. The molecule has 0 fully saturated rings. The number of hydrogen-bond donors (Lipinski definition) is 2. The van der Waals surface area contributed by atoms with E-state index in [-0.39, 0.29) is 12.5 Å². The van der Waals surface area contributed by atoms with E-state index in [1.54, 1.807) is 6.21 Å². The van der Waals surface area contributed by atoms with Gasteiger partial charge >= 0.3 is 0 Å². The molecule has 0 saturated carbocycles. The minimum absolute atomic E-state index is 0.167. The molecule has 0 spiro atoms. The van der Waals surface area contributed by atoms with Gasteiger partial charge in [0.15, 0.2) is 0 Å². The van der Waals surface area contributed by atoms with Crippen LogP contribution in [0.5, 0.6) is 0 Å². The summed E-state index contributed by atoms with van der Waals surface area (Å²) in [5, 5.41) is 9.33. The van der Waals surface area contributed by atoms with Crippen LogP contribution < -0.4 is 10.7 Å². The topological polar surface area (TPSA) is 53.5 Å². The lowest BCUT2D eigenvalue weighted by molar-refractivity contribution is -0.119. The number of amides is 1. The molecule has 0 unspecified atom stereocenters. The van der Waals surface area contributed by atoms with Crippen molar-refractivity contribution in [2.75, 3.05) is 11.9 Å². The zero-order valence-electron chi connectivity index (χ0n) is 12.6. The van der Waals surface area contributed by atoms with E-state index in [4.69, 9.17) is 0 Å². The zero-order chi connectivity index (χ0) is 15.9. The van der Waals surface area contributed by atoms with Gasteiger partial charge in [0.25, 0.3) is 5.91 Å². The van der Waals surface area contributed by atoms with Crippen LogP contribution in [0.1, 0.15) is 5.56 Å². The predicted octanol–water partition coefficient (Wildman–Crippen LogP) is 3.40. The van der Waals surface area contributed by atoms with Crippen molar-refractivity contribution < 1.29 is 4.79 Å². The van der Waals surface area contributed by atoms with Crippen molar-refractivity contribution in [3.63, 3.8) is 0 Å². The van der Waals surface area contributed by atoms with Crippen molar-refractivity contribution in [3.8, 4) is 0 Å². The van der Waals surface area contributed by atoms with Crippen molar-refractivity contribution in [1.82, 2.24) is 5.43 Å². The van der Waals surface area contributed by atoms with Crippen LogP contribution in [0.25, 0.3) is 10.8 Å². The van der Waals surface area contributed by atoms with Gasteiger partial charge in [0.05, 0.1) is 12.8 Å². The highest BCUT2D eigenvalue weighted by Gasteiger charge is 2.02. The highest BCUT2D eigenvalue weighted by atomic mass is 16.2. The van der Waals surface area contributed by atoms with Crippen LogP contribution in [0.2, 0.25) is 0 Å². The summed E-state index contributed by atoms with van der Waals surface area (Å²) < 4.78 is 0. The standard InChI is InChI=1S/C19H17N3O/c23-19(22-21-13-15-7-2-1-3-8-15)14-20-18-12-6-10-16-9-4-5-11-17(16)18/h1-13,20H,14H2,(H,22,23)/b21-13-. The summed E-state index contributed by atoms with van der Waals surface area (Å²) >= 11 is 0. The normalized spacial score (nSPS) is 10.8. The van der Waals surface area contributed by atoms with E-state index in [9.17, 15) is 4.79 Å². The number of carbonyl (C=O) groups is 1. The van der Waals surface area contributed by atoms with Crippen molar-refractivity contribution in [2.24, 2.45) is 5.10 Å². The Morgan fingerprint density at radius 3 is 2.52 bits per heavy atom. The molecule has 23 heavy (non-hydrogen) atoms. The maximum absolute atomic E-state index is 11.9. The number of fused-ring (bicyclic) bond motifs is 1. The Balaban J connectivity index is 1.57. The largest absolute Gasteiger partial charge is 0.376 e. The van der Waals surface area contributed by atoms with Crippen LogP contribution in [0.4, 0.5) is 5.69 Å². The van der Waals surface area contributed by atoms with E-state index < -0.39 is 0 Å². The molecule has 0 saturated heterocycles. The number of hydrogen-bond acceptors (Lipinski definition) is 3. The third-order valence-electron chi connectivity index (χ3n) is 3.43. The lowest BCUT2D eigenvalue weighted by Crippen LogP contribution is -2.25. The smallest absolute Gasteiger partial charge is 0.259 e. The first-order chi connectivity index (χ1) is 11.3. The molecule has 2 N–H and O–H groups in total. The van der Waals surface area contributed by atoms with Gasteiger partial charge in [0, 0.05) is 11.1 Å². The molecule has 0 aromatic heterocycles. The Labute approximate surface area is 134 Å². The summed E-state index contributed by atoms with van der Waals surface area (Å²) in [4.78, 5) is 11.9. The van der Waals surface area contributed by atoms with Crippen LogP contribution in [0.3, 0.4) is 0 Å². The van der Waals surface area contributed by atoms with Crippen molar-refractivity contribution in [3.05, 3.63) is 78.4 Å². The second-order valence-corrected chi connectivity index (χ2v) is 5.08. The molecule has 0 bridgehead atoms. The van der Waals surface area contributed by atoms with Gasteiger partial charge in [-0.3, -0.25) is 4.79 Å². The number of carbonyl (C=O) groups excluding carboxylic acids is 1. The fourth-order valence-corrected chi connectivity index (χ4v) is 2.31. The molecular weight excluding hydrogens is 286 g/mol. The van der Waals surface area contributed by atoms with Gasteiger partial charge < -0.3 is 5.32 Å². The Hall–Kier alpha value is -3.14. The minimum atomic E-state index is -0.190. The molecule has 0 atom stereocenters. The molecule has 0 aliphatic rings. The summed E-state index contributed by atoms with van der Waals surface area (Å²) in [6.45, 7) is 0.167. The monoisotopic (exact) mass is 303 g/mol. The number of hydrazone groups is 1. The molecule has 4 heteroatoms. The van der Waals surface area contributed by atoms with Crippen molar-refractivity contribution >= 4 is 28.6 Å². The molecule has 0 radical (unpaired) electrons. The van der Waals surface area contributed by atoms with Crippen LogP contribution in [-0.2, 0) is 4.79 Å². The first kappa shape index (κ1) is 14.8. The van der Waals surface area contributed by atoms with E-state index in [0.29, 0.717) is 0 Å². The molecule has 1 amide bonds. The summed E-state index contributed by atoms with van der Waals surface area (Å²) in [6, 6.07) is 23.7. The second-order valence-electron chi connectivity index (χ2n) is 5.08. The van der Waals surface area contributed by atoms with Gasteiger partial charge in [-0.05, 0) is 17.0 Å². The molecule has 3 aromatic carbocycles. The molecule has 0 aliphatic carbocycles. The summed E-state index contributed by atoms with van der Waals surface area (Å²) in [5.74, 6) is -0.190. The van der Waals surface area contributed by atoms with Gasteiger partial charge in [-0.2, -0.15) is 5.10 Å². The fourth-order valence-electron chi connectivity index (χ4n) is 2.31. The summed E-state index contributed by atoms with van der Waals surface area (Å²) in [7, 11) is 0. The SMILES string of the molecule is O=C(CNc1cccc2ccccc12)N/N=C\c1ccccc1. The Morgan fingerprint density at radius 1 is 0.913 bits per heavy atom. The minimum Gasteiger partial charge on any atom is -0.376 e. The number of nitrogens with one attached hydrogen (secondary N) is 2. The molecular formula is C19H17N3O. The average Bonchev–Trinajstić information content (AvgIpc) is 2.61. The highest BCUT2D eigenvalue weighted by molar-refractivity contribution is 5.95. The molecule has 0 heterocycles. The first-order valence-corrected chi connectivity index (χ1v) is 7.41. The van der Waals surface area contributed by atoms with Crippen LogP contribution in [-0.4, -0.2) is 18.7 Å². The molecule has 3 aromatic rings. The van der Waals surface area contributed by atoms with Crippen LogP contribution >= 0.6 is 0 Å². The Kier molecular flexibility index (Phi) is 4.64. The van der Waals surface area contributed by atoms with Gasteiger partial charge in [-0.15, -0.1) is 0 Å². The third-order valence-corrected chi connectivity index (χ3v) is 3.43. The molecule has 3 rings (SSSR count). The maximum Gasteiger partial charge on any atom is 0.259 e. The van der Waals surface area contributed by atoms with Crippen LogP contribution in [0, 0.1) is 0 Å². The predicted molar refractivity (Wildman–Crippen MR) is 94.6 cm³/mol. The first-order valence-electron chi connectivity index (χ1n) is 7.41. The van der Waals surface area contributed by atoms with Gasteiger partial charge in [-0.1, -0.05) is 66.7 Å².